The van der Waals surface area contributed by atoms with Crippen LogP contribution < -0.4 is 0 Å². The van der Waals surface area contributed by atoms with E-state index in [1.807, 2.05) is 0 Å². The van der Waals surface area contributed by atoms with Gasteiger partial charge in [-0.2, -0.15) is 0 Å². The first-order chi connectivity index (χ1) is 7.02. The van der Waals surface area contributed by atoms with Gasteiger partial charge in [-0.15, -0.1) is 0 Å². The van der Waals surface area contributed by atoms with E-state index in [2.05, 4.69) is 4.98 Å². The Morgan fingerprint density at radius 3 is 2.53 bits per heavy atom. The van der Waals surface area contributed by atoms with Crippen LogP contribution in [-0.2, 0) is 0 Å². The van der Waals surface area contributed by atoms with Crippen molar-refractivity contribution in [1.29, 1.82) is 0 Å². The summed E-state index contributed by atoms with van der Waals surface area (Å²) in [6.07, 6.45) is 1.38. The normalized spacial score (nSPS) is 11.0. The number of pyridine rings is 1. The average Bonchev–Trinajstić information content (AvgIpc) is 2.20. The van der Waals surface area contributed by atoms with Crippen LogP contribution in [0.1, 0.15) is 5.56 Å². The number of hydrogen-bond donors (Lipinski definition) is 0. The van der Waals surface area contributed by atoms with Gasteiger partial charge in [0.25, 0.3) is 0 Å². The largest absolute Gasteiger partial charge is 0.256 e. The van der Waals surface area contributed by atoms with E-state index in [1.54, 1.807) is 6.92 Å². The Morgan fingerprint density at radius 2 is 1.87 bits per heavy atom. The third-order valence-electron chi connectivity index (χ3n) is 2.10. The number of rotatable bonds is 0. The molecule has 5 heteroatoms. The standard InChI is InChI=1S/C10H5ClF3N/c1-4-3-15-6-2-5(12)9(13)10(14)7(6)8(4)11/h2-3H,1H3. The van der Waals surface area contributed by atoms with Crippen molar-refractivity contribution in [1.82, 2.24) is 4.98 Å². The third-order valence-corrected chi connectivity index (χ3v) is 2.59. The first-order valence-electron chi connectivity index (χ1n) is 4.10. The third kappa shape index (κ3) is 1.45. The lowest BCUT2D eigenvalue weighted by molar-refractivity contribution is 0.453. The van der Waals surface area contributed by atoms with Gasteiger partial charge in [-0.3, -0.25) is 4.98 Å². The van der Waals surface area contributed by atoms with Crippen molar-refractivity contribution in [2.45, 2.75) is 6.92 Å². The van der Waals surface area contributed by atoms with Crippen LogP contribution in [0.15, 0.2) is 12.3 Å². The molecule has 0 bridgehead atoms. The summed E-state index contributed by atoms with van der Waals surface area (Å²) < 4.78 is 39.1. The highest BCUT2D eigenvalue weighted by Gasteiger charge is 2.17. The minimum Gasteiger partial charge on any atom is -0.256 e. The molecule has 1 aromatic heterocycles. The summed E-state index contributed by atoms with van der Waals surface area (Å²) in [6.45, 7) is 1.61. The Balaban J connectivity index is 3.00. The SMILES string of the molecule is Cc1cnc2cc(F)c(F)c(F)c2c1Cl. The summed E-state index contributed by atoms with van der Waals surface area (Å²) in [6, 6.07) is 0.819. The summed E-state index contributed by atoms with van der Waals surface area (Å²) in [5, 5.41) is -0.132. The summed E-state index contributed by atoms with van der Waals surface area (Å²) in [4.78, 5) is 3.77. The van der Waals surface area contributed by atoms with E-state index >= 15 is 0 Å². The molecular formula is C10H5ClF3N. The fraction of sp³-hybridized carbons (Fsp3) is 0.100. The number of halogens is 4. The van der Waals surface area contributed by atoms with E-state index in [9.17, 15) is 13.2 Å². The number of hydrogen-bond acceptors (Lipinski definition) is 1. The van der Waals surface area contributed by atoms with Crippen LogP contribution >= 0.6 is 11.6 Å². The Labute approximate surface area is 88.5 Å². The maximum atomic E-state index is 13.4. The van der Waals surface area contributed by atoms with Crippen LogP contribution in [0.25, 0.3) is 10.9 Å². The predicted octanol–water partition coefficient (Wildman–Crippen LogP) is 3.61. The quantitative estimate of drug-likeness (QED) is 0.631. The Hall–Kier alpha value is -1.29. The van der Waals surface area contributed by atoms with Crippen molar-refractivity contribution in [3.05, 3.63) is 40.3 Å². The van der Waals surface area contributed by atoms with Crippen molar-refractivity contribution < 1.29 is 13.2 Å². The molecule has 1 aromatic carbocycles. The molecule has 15 heavy (non-hydrogen) atoms. The first kappa shape index (κ1) is 10.2. The fourth-order valence-corrected chi connectivity index (χ4v) is 1.54. The molecule has 0 aliphatic rings. The van der Waals surface area contributed by atoms with Crippen LogP contribution in [0, 0.1) is 24.4 Å². The zero-order chi connectivity index (χ0) is 11.2. The van der Waals surface area contributed by atoms with Crippen LogP contribution in [0.3, 0.4) is 0 Å². The predicted molar refractivity (Wildman–Crippen MR) is 51.4 cm³/mol. The van der Waals surface area contributed by atoms with Gasteiger partial charge in [0.15, 0.2) is 17.5 Å². The molecule has 0 aliphatic heterocycles. The van der Waals surface area contributed by atoms with E-state index in [0.717, 1.165) is 6.07 Å². The second-order valence-electron chi connectivity index (χ2n) is 3.14. The molecule has 0 amide bonds. The zero-order valence-electron chi connectivity index (χ0n) is 7.61. The minimum atomic E-state index is -1.53. The summed E-state index contributed by atoms with van der Waals surface area (Å²) in [5.41, 5.74) is 0.510. The second-order valence-corrected chi connectivity index (χ2v) is 3.51. The van der Waals surface area contributed by atoms with E-state index < -0.39 is 17.5 Å². The van der Waals surface area contributed by atoms with Gasteiger partial charge in [0.05, 0.1) is 15.9 Å². The monoisotopic (exact) mass is 231 g/mol. The highest BCUT2D eigenvalue weighted by Crippen LogP contribution is 2.29. The molecular weight excluding hydrogens is 227 g/mol. The van der Waals surface area contributed by atoms with Gasteiger partial charge in [0.2, 0.25) is 0 Å². The topological polar surface area (TPSA) is 12.9 Å². The smallest absolute Gasteiger partial charge is 0.195 e. The molecule has 0 spiro atoms. The van der Waals surface area contributed by atoms with Crippen molar-refractivity contribution in [3.63, 3.8) is 0 Å². The molecule has 1 nitrogen and oxygen atoms in total. The van der Waals surface area contributed by atoms with Gasteiger partial charge in [-0.1, -0.05) is 11.6 Å². The Morgan fingerprint density at radius 1 is 1.20 bits per heavy atom. The minimum absolute atomic E-state index is 0.00185. The van der Waals surface area contributed by atoms with Gasteiger partial charge < -0.3 is 0 Å². The van der Waals surface area contributed by atoms with Crippen LogP contribution in [0.5, 0.6) is 0 Å². The maximum Gasteiger partial charge on any atom is 0.195 e. The molecule has 0 saturated heterocycles. The van der Waals surface area contributed by atoms with Gasteiger partial charge in [-0.05, 0) is 12.5 Å². The summed E-state index contributed by atoms with van der Waals surface area (Å²) in [7, 11) is 0. The van der Waals surface area contributed by atoms with E-state index in [1.165, 1.54) is 6.20 Å². The molecule has 0 aliphatic carbocycles. The summed E-state index contributed by atoms with van der Waals surface area (Å²) >= 11 is 5.79. The van der Waals surface area contributed by atoms with Crippen LogP contribution in [-0.4, -0.2) is 4.98 Å². The van der Waals surface area contributed by atoms with Gasteiger partial charge in [-0.25, -0.2) is 13.2 Å². The molecule has 2 rings (SSSR count). The lowest BCUT2D eigenvalue weighted by Crippen LogP contribution is -1.95. The number of nitrogens with zero attached hydrogens (tertiary/aromatic N) is 1. The van der Waals surface area contributed by atoms with Crippen LogP contribution in [0.2, 0.25) is 5.02 Å². The highest BCUT2D eigenvalue weighted by molar-refractivity contribution is 6.36. The molecule has 0 unspecified atom stereocenters. The second kappa shape index (κ2) is 3.38. The zero-order valence-corrected chi connectivity index (χ0v) is 8.37. The Bertz CT molecular complexity index is 554. The van der Waals surface area contributed by atoms with Crippen molar-refractivity contribution in [3.8, 4) is 0 Å². The summed E-state index contributed by atoms with van der Waals surface area (Å²) in [5.74, 6) is -4.10. The Kier molecular flexibility index (Phi) is 2.31. The van der Waals surface area contributed by atoms with Crippen molar-refractivity contribution >= 4 is 22.5 Å². The van der Waals surface area contributed by atoms with Gasteiger partial charge in [0, 0.05) is 12.3 Å². The number of fused-ring (bicyclic) bond motifs is 1. The maximum absolute atomic E-state index is 13.4. The van der Waals surface area contributed by atoms with E-state index in [4.69, 9.17) is 11.6 Å². The van der Waals surface area contributed by atoms with Gasteiger partial charge >= 0.3 is 0 Å². The highest BCUT2D eigenvalue weighted by atomic mass is 35.5. The van der Waals surface area contributed by atoms with Crippen LogP contribution in [0.4, 0.5) is 13.2 Å². The first-order valence-corrected chi connectivity index (χ1v) is 4.48. The lowest BCUT2D eigenvalue weighted by atomic mass is 10.1. The van der Waals surface area contributed by atoms with E-state index in [-0.39, 0.29) is 15.9 Å². The van der Waals surface area contributed by atoms with Crippen molar-refractivity contribution in [2.24, 2.45) is 0 Å². The molecule has 0 atom stereocenters. The molecule has 0 saturated carbocycles. The number of aryl methyl sites for hydroxylation is 1. The molecule has 2 aromatic rings. The molecule has 0 fully saturated rings. The molecule has 1 heterocycles. The molecule has 0 radical (unpaired) electrons. The molecule has 78 valence electrons. The van der Waals surface area contributed by atoms with Crippen molar-refractivity contribution in [2.75, 3.05) is 0 Å². The lowest BCUT2D eigenvalue weighted by Gasteiger charge is -2.05. The average molecular weight is 232 g/mol. The number of aromatic nitrogens is 1. The van der Waals surface area contributed by atoms with E-state index in [0.29, 0.717) is 5.56 Å². The number of benzene rings is 1. The van der Waals surface area contributed by atoms with Gasteiger partial charge in [0.1, 0.15) is 0 Å². The fourth-order valence-electron chi connectivity index (χ4n) is 1.31. The molecule has 0 N–H and O–H groups in total.